The van der Waals surface area contributed by atoms with Crippen molar-refractivity contribution < 1.29 is 15.0 Å². The third-order valence-electron chi connectivity index (χ3n) is 3.63. The molecule has 0 spiro atoms. The van der Waals surface area contributed by atoms with Gasteiger partial charge in [0.2, 0.25) is 0 Å². The van der Waals surface area contributed by atoms with Crippen molar-refractivity contribution in [3.05, 3.63) is 71.3 Å². The second-order valence-electron chi connectivity index (χ2n) is 4.98. The predicted octanol–water partition coefficient (Wildman–Crippen LogP) is 3.79. The van der Waals surface area contributed by atoms with Crippen LogP contribution in [0.4, 0.5) is 0 Å². The summed E-state index contributed by atoms with van der Waals surface area (Å²) in [7, 11) is 0. The maximum absolute atomic E-state index is 12.6. The fourth-order valence-corrected chi connectivity index (χ4v) is 2.49. The summed E-state index contributed by atoms with van der Waals surface area (Å²) < 4.78 is 0. The van der Waals surface area contributed by atoms with Gasteiger partial charge in [0.15, 0.2) is 5.78 Å². The Hall–Kier alpha value is -2.81. The average molecular weight is 278 g/mol. The van der Waals surface area contributed by atoms with E-state index in [1.54, 1.807) is 36.4 Å². The molecule has 21 heavy (non-hydrogen) atoms. The lowest BCUT2D eigenvalue weighted by atomic mass is 9.95. The smallest absolute Gasteiger partial charge is 0.197 e. The number of phenolic OH excluding ortho intramolecular Hbond substituents is 2. The largest absolute Gasteiger partial charge is 0.507 e. The molecule has 0 saturated carbocycles. The first-order valence-corrected chi connectivity index (χ1v) is 6.63. The normalized spacial score (nSPS) is 10.7. The van der Waals surface area contributed by atoms with E-state index in [2.05, 4.69) is 0 Å². The van der Waals surface area contributed by atoms with Gasteiger partial charge in [0.25, 0.3) is 0 Å². The van der Waals surface area contributed by atoms with Gasteiger partial charge in [-0.25, -0.2) is 0 Å². The Morgan fingerprint density at radius 2 is 1.48 bits per heavy atom. The number of aromatic hydroxyl groups is 2. The van der Waals surface area contributed by atoms with Crippen LogP contribution in [-0.4, -0.2) is 16.0 Å². The first-order chi connectivity index (χ1) is 10.1. The summed E-state index contributed by atoms with van der Waals surface area (Å²) >= 11 is 0. The number of phenols is 2. The summed E-state index contributed by atoms with van der Waals surface area (Å²) in [5.74, 6) is -0.413. The van der Waals surface area contributed by atoms with Crippen molar-refractivity contribution in [2.75, 3.05) is 0 Å². The highest BCUT2D eigenvalue weighted by atomic mass is 16.3. The Morgan fingerprint density at radius 3 is 2.19 bits per heavy atom. The molecule has 3 rings (SSSR count). The van der Waals surface area contributed by atoms with Gasteiger partial charge in [0, 0.05) is 16.3 Å². The monoisotopic (exact) mass is 278 g/mol. The molecule has 0 aromatic heterocycles. The number of ketones is 1. The number of fused-ring (bicyclic) bond motifs is 1. The van der Waals surface area contributed by atoms with Crippen molar-refractivity contribution in [3.8, 4) is 11.5 Å². The van der Waals surface area contributed by atoms with Gasteiger partial charge >= 0.3 is 0 Å². The zero-order valence-corrected chi connectivity index (χ0v) is 11.5. The minimum Gasteiger partial charge on any atom is -0.507 e. The van der Waals surface area contributed by atoms with Crippen molar-refractivity contribution in [1.82, 2.24) is 0 Å². The third-order valence-corrected chi connectivity index (χ3v) is 3.63. The number of hydrogen-bond acceptors (Lipinski definition) is 3. The van der Waals surface area contributed by atoms with Gasteiger partial charge in [0.1, 0.15) is 11.5 Å². The average Bonchev–Trinajstić information content (AvgIpc) is 2.51. The number of carbonyl (C=O) groups is 1. The fraction of sp³-hybridized carbons (Fsp3) is 0.0556. The fourth-order valence-electron chi connectivity index (χ4n) is 2.49. The second kappa shape index (κ2) is 4.94. The van der Waals surface area contributed by atoms with Crippen LogP contribution in [-0.2, 0) is 0 Å². The van der Waals surface area contributed by atoms with Crippen LogP contribution in [0.5, 0.6) is 11.5 Å². The zero-order valence-electron chi connectivity index (χ0n) is 11.5. The van der Waals surface area contributed by atoms with E-state index in [1.807, 2.05) is 19.1 Å². The Morgan fingerprint density at radius 1 is 0.857 bits per heavy atom. The molecule has 0 aliphatic rings. The van der Waals surface area contributed by atoms with E-state index >= 15 is 0 Å². The molecule has 0 atom stereocenters. The van der Waals surface area contributed by atoms with Crippen LogP contribution in [0.2, 0.25) is 0 Å². The van der Waals surface area contributed by atoms with Crippen LogP contribution in [0.1, 0.15) is 21.5 Å². The van der Waals surface area contributed by atoms with E-state index in [4.69, 9.17) is 0 Å². The first-order valence-electron chi connectivity index (χ1n) is 6.63. The van der Waals surface area contributed by atoms with Gasteiger partial charge in [0.05, 0.1) is 5.56 Å². The van der Waals surface area contributed by atoms with Crippen LogP contribution >= 0.6 is 0 Å². The van der Waals surface area contributed by atoms with Gasteiger partial charge in [-0.2, -0.15) is 0 Å². The van der Waals surface area contributed by atoms with Crippen molar-refractivity contribution in [1.29, 1.82) is 0 Å². The number of rotatable bonds is 2. The van der Waals surface area contributed by atoms with Gasteiger partial charge in [-0.05, 0) is 18.6 Å². The van der Waals surface area contributed by atoms with Gasteiger partial charge < -0.3 is 10.2 Å². The van der Waals surface area contributed by atoms with Crippen LogP contribution in [0.25, 0.3) is 10.8 Å². The highest BCUT2D eigenvalue weighted by molar-refractivity contribution is 6.15. The van der Waals surface area contributed by atoms with Gasteiger partial charge in [-0.1, -0.05) is 48.5 Å². The summed E-state index contributed by atoms with van der Waals surface area (Å²) in [6.07, 6.45) is 0. The number of carbonyl (C=O) groups excluding carboxylic acids is 1. The summed E-state index contributed by atoms with van der Waals surface area (Å²) in [6.45, 7) is 1.84. The van der Waals surface area contributed by atoms with E-state index in [0.717, 1.165) is 5.56 Å². The Bertz CT molecular complexity index is 850. The summed E-state index contributed by atoms with van der Waals surface area (Å²) in [5, 5.41) is 21.4. The molecule has 0 radical (unpaired) electrons. The molecule has 2 N–H and O–H groups in total. The van der Waals surface area contributed by atoms with Crippen LogP contribution in [0.3, 0.4) is 0 Å². The third kappa shape index (κ3) is 2.13. The van der Waals surface area contributed by atoms with Gasteiger partial charge in [-0.15, -0.1) is 0 Å². The second-order valence-corrected chi connectivity index (χ2v) is 4.98. The van der Waals surface area contributed by atoms with Crippen molar-refractivity contribution in [2.45, 2.75) is 6.92 Å². The van der Waals surface area contributed by atoms with E-state index in [1.165, 1.54) is 6.07 Å². The SMILES string of the molecule is Cc1ccccc1C(=O)c1cc(O)c2ccccc2c1O. The van der Waals surface area contributed by atoms with Crippen LogP contribution in [0.15, 0.2) is 54.6 Å². The maximum atomic E-state index is 12.6. The molecule has 0 amide bonds. The molecule has 3 aromatic carbocycles. The highest BCUT2D eigenvalue weighted by Crippen LogP contribution is 2.36. The molecule has 0 saturated heterocycles. The van der Waals surface area contributed by atoms with Crippen molar-refractivity contribution in [3.63, 3.8) is 0 Å². The molecular formula is C18H14O3. The molecule has 0 aliphatic heterocycles. The summed E-state index contributed by atoms with van der Waals surface area (Å²) in [4.78, 5) is 12.6. The molecule has 0 bridgehead atoms. The summed E-state index contributed by atoms with van der Waals surface area (Å²) in [5.41, 5.74) is 1.46. The minimum atomic E-state index is -0.299. The number of benzene rings is 3. The molecule has 3 nitrogen and oxygen atoms in total. The lowest BCUT2D eigenvalue weighted by Crippen LogP contribution is -2.04. The number of aryl methyl sites for hydroxylation is 1. The molecule has 0 fully saturated rings. The molecule has 0 aliphatic carbocycles. The highest BCUT2D eigenvalue weighted by Gasteiger charge is 2.19. The lowest BCUT2D eigenvalue weighted by molar-refractivity contribution is 0.103. The van der Waals surface area contributed by atoms with E-state index in [-0.39, 0.29) is 22.8 Å². The Labute approximate surface area is 122 Å². The zero-order chi connectivity index (χ0) is 15.0. The molecule has 0 heterocycles. The molecule has 3 aromatic rings. The molecule has 104 valence electrons. The number of hydrogen-bond donors (Lipinski definition) is 2. The lowest BCUT2D eigenvalue weighted by Gasteiger charge is -2.10. The summed E-state index contributed by atoms with van der Waals surface area (Å²) in [6, 6.07) is 15.4. The standard InChI is InChI=1S/C18H14O3/c1-11-6-2-3-7-12(11)17(20)15-10-16(19)13-8-4-5-9-14(13)18(15)21/h2-10,19,21H,1H3. The molecule has 3 heteroatoms. The molecule has 0 unspecified atom stereocenters. The first kappa shape index (κ1) is 13.2. The van der Waals surface area contributed by atoms with Gasteiger partial charge in [-0.3, -0.25) is 4.79 Å². The van der Waals surface area contributed by atoms with Crippen LogP contribution < -0.4 is 0 Å². The maximum Gasteiger partial charge on any atom is 0.197 e. The topological polar surface area (TPSA) is 57.5 Å². The van der Waals surface area contributed by atoms with E-state index in [9.17, 15) is 15.0 Å². The van der Waals surface area contributed by atoms with E-state index < -0.39 is 0 Å². The Balaban J connectivity index is 2.24. The minimum absolute atomic E-state index is 0.0136. The van der Waals surface area contributed by atoms with E-state index in [0.29, 0.717) is 16.3 Å². The predicted molar refractivity (Wildman–Crippen MR) is 81.9 cm³/mol. The Kier molecular flexibility index (Phi) is 3.10. The molecular weight excluding hydrogens is 264 g/mol. The quantitative estimate of drug-likeness (QED) is 0.554. The van der Waals surface area contributed by atoms with Crippen molar-refractivity contribution >= 4 is 16.6 Å². The van der Waals surface area contributed by atoms with Crippen molar-refractivity contribution in [2.24, 2.45) is 0 Å². The van der Waals surface area contributed by atoms with Crippen LogP contribution in [0, 0.1) is 6.92 Å².